The van der Waals surface area contributed by atoms with Crippen molar-refractivity contribution in [2.45, 2.75) is 11.8 Å². The first kappa shape index (κ1) is 18.2. The Morgan fingerprint density at radius 3 is 2.60 bits per heavy atom. The van der Waals surface area contributed by atoms with E-state index in [1.54, 1.807) is 0 Å². The van der Waals surface area contributed by atoms with Crippen molar-refractivity contribution in [2.75, 3.05) is 17.1 Å². The number of nitrogens with one attached hydrogen (secondary N) is 2. The predicted octanol–water partition coefficient (Wildman–Crippen LogP) is 1.10. The molecule has 11 nitrogen and oxygen atoms in total. The Kier molecular flexibility index (Phi) is 4.92. The number of anilines is 2. The van der Waals surface area contributed by atoms with Crippen LogP contribution in [0.2, 0.25) is 0 Å². The number of rotatable bonds is 6. The van der Waals surface area contributed by atoms with Crippen molar-refractivity contribution >= 4 is 33.1 Å². The number of hydrogen-bond donors (Lipinski definition) is 2. The van der Waals surface area contributed by atoms with Crippen LogP contribution in [0.1, 0.15) is 6.92 Å². The Labute approximate surface area is 142 Å². The lowest BCUT2D eigenvalue weighted by molar-refractivity contribution is -0.392. The van der Waals surface area contributed by atoms with Crippen molar-refractivity contribution in [1.82, 2.24) is 9.78 Å². The molecule has 2 N–H and O–H groups in total. The number of benzene rings is 1. The maximum absolute atomic E-state index is 12.6. The third kappa shape index (κ3) is 4.03. The Morgan fingerprint density at radius 2 is 2.04 bits per heavy atom. The summed E-state index contributed by atoms with van der Waals surface area (Å²) >= 11 is 0. The van der Waals surface area contributed by atoms with Crippen LogP contribution in [0.4, 0.5) is 17.2 Å². The van der Waals surface area contributed by atoms with Gasteiger partial charge in [0.2, 0.25) is 10.8 Å². The second-order valence-electron chi connectivity index (χ2n) is 4.95. The molecule has 0 aliphatic rings. The number of carbonyl (C=O) groups excluding carboxylic acids is 1. The number of ether oxygens (including phenoxy) is 1. The van der Waals surface area contributed by atoms with Gasteiger partial charge in [-0.1, -0.05) is 0 Å². The largest absolute Gasteiger partial charge is 0.497 e. The first-order valence-corrected chi connectivity index (χ1v) is 8.29. The fourth-order valence-electron chi connectivity index (χ4n) is 2.00. The number of methoxy groups -OCH3 is 1. The van der Waals surface area contributed by atoms with E-state index in [1.807, 2.05) is 0 Å². The van der Waals surface area contributed by atoms with Gasteiger partial charge in [0.05, 0.1) is 36.8 Å². The van der Waals surface area contributed by atoms with E-state index in [0.717, 1.165) is 10.9 Å². The molecule has 0 spiro atoms. The molecule has 0 radical (unpaired) electrons. The summed E-state index contributed by atoms with van der Waals surface area (Å²) in [6.07, 6.45) is 1.01. The number of nitro groups is 1. The molecule has 134 valence electrons. The summed E-state index contributed by atoms with van der Waals surface area (Å²) in [4.78, 5) is 20.8. The second kappa shape index (κ2) is 6.76. The minimum atomic E-state index is -4.33. The van der Waals surface area contributed by atoms with Gasteiger partial charge in [-0.3, -0.25) is 9.52 Å². The smallest absolute Gasteiger partial charge is 0.410 e. The van der Waals surface area contributed by atoms with Crippen LogP contribution >= 0.6 is 0 Å². The number of hydrogen-bond acceptors (Lipinski definition) is 7. The van der Waals surface area contributed by atoms with Gasteiger partial charge in [0.15, 0.2) is 0 Å². The van der Waals surface area contributed by atoms with Crippen LogP contribution in [0.5, 0.6) is 5.75 Å². The van der Waals surface area contributed by atoms with Crippen LogP contribution in [-0.4, -0.2) is 36.1 Å². The summed E-state index contributed by atoms with van der Waals surface area (Å²) in [5.74, 6) is -0.899. The second-order valence-corrected chi connectivity index (χ2v) is 6.60. The number of aromatic nitrogens is 2. The highest BCUT2D eigenvalue weighted by Gasteiger charge is 2.31. The van der Waals surface area contributed by atoms with Crippen molar-refractivity contribution in [3.8, 4) is 5.75 Å². The van der Waals surface area contributed by atoms with Crippen LogP contribution < -0.4 is 14.8 Å². The van der Waals surface area contributed by atoms with Gasteiger partial charge in [-0.15, -0.1) is 0 Å². The number of sulfonamides is 1. The molecule has 0 atom stereocenters. The van der Waals surface area contributed by atoms with Crippen LogP contribution in [0.15, 0.2) is 29.3 Å². The maximum Gasteiger partial charge on any atom is 0.410 e. The Morgan fingerprint density at radius 1 is 1.36 bits per heavy atom. The summed E-state index contributed by atoms with van der Waals surface area (Å²) < 4.78 is 33.4. The molecule has 12 heteroatoms. The quantitative estimate of drug-likeness (QED) is 0.572. The van der Waals surface area contributed by atoms with E-state index in [9.17, 15) is 23.3 Å². The molecule has 1 aromatic heterocycles. The first-order valence-electron chi connectivity index (χ1n) is 6.80. The zero-order chi connectivity index (χ0) is 18.8. The number of nitrogens with zero attached hydrogens (tertiary/aromatic N) is 3. The summed E-state index contributed by atoms with van der Waals surface area (Å²) in [7, 11) is -1.59. The fraction of sp³-hybridized carbons (Fsp3) is 0.231. The highest BCUT2D eigenvalue weighted by Crippen LogP contribution is 2.31. The lowest BCUT2D eigenvalue weighted by Gasteiger charge is -2.13. The average Bonchev–Trinajstić information content (AvgIpc) is 2.91. The molecular weight excluding hydrogens is 354 g/mol. The molecule has 0 unspecified atom stereocenters. The van der Waals surface area contributed by atoms with E-state index >= 15 is 0 Å². The fourth-order valence-corrected chi connectivity index (χ4v) is 3.22. The van der Waals surface area contributed by atoms with E-state index in [2.05, 4.69) is 15.1 Å². The molecule has 0 fully saturated rings. The van der Waals surface area contributed by atoms with Gasteiger partial charge >= 0.3 is 5.82 Å². The zero-order valence-electron chi connectivity index (χ0n) is 13.5. The van der Waals surface area contributed by atoms with Crippen LogP contribution in [0, 0.1) is 10.1 Å². The Balaban J connectivity index is 2.50. The van der Waals surface area contributed by atoms with E-state index < -0.39 is 31.6 Å². The van der Waals surface area contributed by atoms with Crippen molar-refractivity contribution in [3.63, 3.8) is 0 Å². The molecule has 0 aliphatic carbocycles. The predicted molar refractivity (Wildman–Crippen MR) is 88.0 cm³/mol. The van der Waals surface area contributed by atoms with Crippen LogP contribution in [0.25, 0.3) is 0 Å². The van der Waals surface area contributed by atoms with E-state index in [-0.39, 0.29) is 11.4 Å². The summed E-state index contributed by atoms with van der Waals surface area (Å²) in [5, 5.41) is 17.0. The van der Waals surface area contributed by atoms with Gasteiger partial charge < -0.3 is 20.2 Å². The van der Waals surface area contributed by atoms with Crippen molar-refractivity contribution in [3.05, 3.63) is 34.5 Å². The molecule has 2 rings (SSSR count). The van der Waals surface area contributed by atoms with Gasteiger partial charge in [0.25, 0.3) is 10.0 Å². The summed E-state index contributed by atoms with van der Waals surface area (Å²) in [6, 6.07) is 4.30. The summed E-state index contributed by atoms with van der Waals surface area (Å²) in [6.45, 7) is 1.26. The monoisotopic (exact) mass is 369 g/mol. The minimum absolute atomic E-state index is 0.00676. The van der Waals surface area contributed by atoms with E-state index in [1.165, 1.54) is 39.3 Å². The van der Waals surface area contributed by atoms with Crippen molar-refractivity contribution in [2.24, 2.45) is 7.05 Å². The molecule has 0 saturated heterocycles. The Hall–Kier alpha value is -3.15. The SMILES string of the molecule is COc1ccc(NC(C)=O)c(NS(=O)(=O)c2cn(C)nc2[N+](=O)[O-])c1. The normalized spacial score (nSPS) is 11.0. The van der Waals surface area contributed by atoms with Gasteiger partial charge in [-0.2, -0.15) is 4.68 Å². The minimum Gasteiger partial charge on any atom is -0.497 e. The number of carbonyl (C=O) groups is 1. The van der Waals surface area contributed by atoms with E-state index in [4.69, 9.17) is 4.74 Å². The van der Waals surface area contributed by atoms with Crippen LogP contribution in [-0.2, 0) is 21.9 Å². The highest BCUT2D eigenvalue weighted by atomic mass is 32.2. The van der Waals surface area contributed by atoms with E-state index in [0.29, 0.717) is 5.75 Å². The molecule has 1 heterocycles. The molecule has 1 aromatic carbocycles. The molecular formula is C13H15N5O6S. The van der Waals surface area contributed by atoms with Gasteiger partial charge in [0.1, 0.15) is 5.75 Å². The lowest BCUT2D eigenvalue weighted by Crippen LogP contribution is -2.16. The molecule has 1 amide bonds. The number of aryl methyl sites for hydroxylation is 1. The van der Waals surface area contributed by atoms with Crippen LogP contribution in [0.3, 0.4) is 0 Å². The average molecular weight is 369 g/mol. The summed E-state index contributed by atoms with van der Waals surface area (Å²) in [5.41, 5.74) is 0.163. The number of amides is 1. The van der Waals surface area contributed by atoms with Gasteiger partial charge in [-0.25, -0.2) is 8.42 Å². The maximum atomic E-state index is 12.6. The Bertz CT molecular complexity index is 936. The highest BCUT2D eigenvalue weighted by molar-refractivity contribution is 7.92. The molecule has 0 saturated carbocycles. The van der Waals surface area contributed by atoms with Gasteiger partial charge in [-0.05, 0) is 17.1 Å². The lowest BCUT2D eigenvalue weighted by atomic mass is 10.2. The molecule has 25 heavy (non-hydrogen) atoms. The third-order valence-corrected chi connectivity index (χ3v) is 4.38. The van der Waals surface area contributed by atoms with Gasteiger partial charge in [0, 0.05) is 13.0 Å². The first-order chi connectivity index (χ1) is 11.6. The standard InChI is InChI=1S/C13H15N5O6S/c1-8(19)14-10-5-4-9(24-3)6-11(10)16-25(22,23)12-7-17(2)15-13(12)18(20)21/h4-7,16H,1-3H3,(H,14,19). The van der Waals surface area contributed by atoms with Crippen molar-refractivity contribution in [1.29, 1.82) is 0 Å². The third-order valence-electron chi connectivity index (χ3n) is 3.02. The zero-order valence-corrected chi connectivity index (χ0v) is 14.3. The van der Waals surface area contributed by atoms with Crippen molar-refractivity contribution < 1.29 is 22.9 Å². The molecule has 0 aliphatic heterocycles. The molecule has 2 aromatic rings. The topological polar surface area (TPSA) is 145 Å². The molecule has 0 bridgehead atoms.